The molecule has 0 aliphatic carbocycles. The Balaban J connectivity index is 3.07. The van der Waals surface area contributed by atoms with Crippen molar-refractivity contribution in [2.75, 3.05) is 0 Å². The number of aliphatic hydroxyl groups is 1. The van der Waals surface area contributed by atoms with Crippen molar-refractivity contribution in [3.05, 3.63) is 21.3 Å². The van der Waals surface area contributed by atoms with Gasteiger partial charge in [-0.25, -0.2) is 0 Å². The van der Waals surface area contributed by atoms with E-state index in [1.165, 1.54) is 11.3 Å². The summed E-state index contributed by atoms with van der Waals surface area (Å²) in [5.74, 6) is 0. The third-order valence-electron chi connectivity index (χ3n) is 2.51. The van der Waals surface area contributed by atoms with Crippen LogP contribution in [0.5, 0.6) is 0 Å². The molecule has 1 unspecified atom stereocenters. The van der Waals surface area contributed by atoms with Crippen LogP contribution in [0, 0.1) is 5.41 Å². The Morgan fingerprint density at radius 2 is 1.77 bits per heavy atom. The minimum absolute atomic E-state index is 0.179. The lowest BCUT2D eigenvalue weighted by molar-refractivity contribution is -0.0438. The molecule has 0 saturated heterocycles. The van der Waals surface area contributed by atoms with Crippen LogP contribution >= 0.6 is 22.9 Å². The van der Waals surface area contributed by atoms with Crippen LogP contribution in [0.4, 0.5) is 0 Å². The van der Waals surface area contributed by atoms with Gasteiger partial charge in [0, 0.05) is 4.88 Å². The Hall–Kier alpha value is -0.0500. The third kappa shape index (κ3) is 2.06. The smallest absolute Gasteiger partial charge is 0.101 e. The maximum atomic E-state index is 10.3. The minimum Gasteiger partial charge on any atom is -0.384 e. The second-order valence-electron chi connectivity index (χ2n) is 4.43. The Morgan fingerprint density at radius 1 is 1.23 bits per heavy atom. The van der Waals surface area contributed by atoms with Gasteiger partial charge in [-0.15, -0.1) is 11.3 Å². The summed E-state index contributed by atoms with van der Waals surface area (Å²) in [4.78, 5) is 0.921. The van der Waals surface area contributed by atoms with Crippen molar-refractivity contribution in [1.29, 1.82) is 0 Å². The number of halogens is 1. The van der Waals surface area contributed by atoms with E-state index in [1.54, 1.807) is 0 Å². The number of hydrogen-bond acceptors (Lipinski definition) is 2. The predicted molar refractivity (Wildman–Crippen MR) is 58.4 cm³/mol. The second kappa shape index (κ2) is 3.26. The molecule has 1 nitrogen and oxygen atoms in total. The molecule has 13 heavy (non-hydrogen) atoms. The monoisotopic (exact) mass is 218 g/mol. The van der Waals surface area contributed by atoms with E-state index in [4.69, 9.17) is 11.6 Å². The lowest BCUT2D eigenvalue weighted by Crippen LogP contribution is -2.35. The topological polar surface area (TPSA) is 20.2 Å². The molecule has 0 amide bonds. The lowest BCUT2D eigenvalue weighted by atomic mass is 9.77. The fourth-order valence-electron chi connectivity index (χ4n) is 0.946. The molecule has 0 aromatic carbocycles. The molecule has 0 aliphatic rings. The number of rotatable bonds is 1. The maximum Gasteiger partial charge on any atom is 0.101 e. The van der Waals surface area contributed by atoms with Gasteiger partial charge in [-0.3, -0.25) is 0 Å². The van der Waals surface area contributed by atoms with Crippen LogP contribution in [0.3, 0.4) is 0 Å². The van der Waals surface area contributed by atoms with Crippen LogP contribution in [0.25, 0.3) is 0 Å². The summed E-state index contributed by atoms with van der Waals surface area (Å²) in [5, 5.41) is 10.3. The van der Waals surface area contributed by atoms with Crippen molar-refractivity contribution >= 4 is 22.9 Å². The summed E-state index contributed by atoms with van der Waals surface area (Å²) in [6.45, 7) is 7.87. The molecular weight excluding hydrogens is 204 g/mol. The van der Waals surface area contributed by atoms with Gasteiger partial charge in [0.15, 0.2) is 0 Å². The quantitative estimate of drug-likeness (QED) is 0.763. The average Bonchev–Trinajstić information content (AvgIpc) is 2.33. The summed E-state index contributed by atoms with van der Waals surface area (Å²) in [7, 11) is 0. The molecule has 1 heterocycles. The molecule has 1 rings (SSSR count). The molecule has 0 saturated carbocycles. The maximum absolute atomic E-state index is 10.3. The molecule has 74 valence electrons. The van der Waals surface area contributed by atoms with Crippen LogP contribution in [0.15, 0.2) is 12.1 Å². The molecule has 0 radical (unpaired) electrons. The normalized spacial score (nSPS) is 17.1. The van der Waals surface area contributed by atoms with Crippen LogP contribution in [0.2, 0.25) is 4.34 Å². The molecular formula is C10H15ClOS. The first-order valence-electron chi connectivity index (χ1n) is 4.23. The summed E-state index contributed by atoms with van der Waals surface area (Å²) < 4.78 is 0.722. The highest BCUT2D eigenvalue weighted by atomic mass is 35.5. The summed E-state index contributed by atoms with van der Waals surface area (Å²) >= 11 is 7.26. The molecule has 1 atom stereocenters. The second-order valence-corrected chi connectivity index (χ2v) is 6.14. The molecule has 0 aliphatic heterocycles. The zero-order valence-corrected chi connectivity index (χ0v) is 9.96. The molecule has 0 bridgehead atoms. The van der Waals surface area contributed by atoms with E-state index >= 15 is 0 Å². The van der Waals surface area contributed by atoms with Gasteiger partial charge in [-0.2, -0.15) is 0 Å². The van der Waals surface area contributed by atoms with Gasteiger partial charge in [0.2, 0.25) is 0 Å². The Morgan fingerprint density at radius 3 is 2.08 bits per heavy atom. The highest BCUT2D eigenvalue weighted by Crippen LogP contribution is 2.42. The third-order valence-corrected chi connectivity index (χ3v) is 3.96. The molecule has 1 N–H and O–H groups in total. The largest absolute Gasteiger partial charge is 0.384 e. The summed E-state index contributed by atoms with van der Waals surface area (Å²) in [6, 6.07) is 3.71. The van der Waals surface area contributed by atoms with Crippen molar-refractivity contribution in [2.24, 2.45) is 5.41 Å². The number of hydrogen-bond donors (Lipinski definition) is 1. The Bertz CT molecular complexity index is 296. The summed E-state index contributed by atoms with van der Waals surface area (Å²) in [6.07, 6.45) is 0. The van der Waals surface area contributed by atoms with E-state index in [0.29, 0.717) is 0 Å². The first-order valence-corrected chi connectivity index (χ1v) is 5.43. The zero-order valence-electron chi connectivity index (χ0n) is 8.39. The van der Waals surface area contributed by atoms with Crippen molar-refractivity contribution in [1.82, 2.24) is 0 Å². The first kappa shape index (κ1) is 11.0. The van der Waals surface area contributed by atoms with Crippen LogP contribution in [0.1, 0.15) is 32.6 Å². The highest BCUT2D eigenvalue weighted by molar-refractivity contribution is 7.16. The number of thiophene rings is 1. The van der Waals surface area contributed by atoms with Gasteiger partial charge < -0.3 is 5.11 Å². The van der Waals surface area contributed by atoms with Crippen molar-refractivity contribution in [3.8, 4) is 0 Å². The van der Waals surface area contributed by atoms with Crippen LogP contribution in [-0.2, 0) is 5.60 Å². The van der Waals surface area contributed by atoms with E-state index in [-0.39, 0.29) is 5.41 Å². The fourth-order valence-corrected chi connectivity index (χ4v) is 2.25. The minimum atomic E-state index is -0.815. The zero-order chi connectivity index (χ0) is 10.3. The van der Waals surface area contributed by atoms with E-state index in [2.05, 4.69) is 0 Å². The average molecular weight is 219 g/mol. The Labute approximate surface area is 88.4 Å². The van der Waals surface area contributed by atoms with Gasteiger partial charge in [0.25, 0.3) is 0 Å². The van der Waals surface area contributed by atoms with E-state index in [0.717, 1.165) is 9.21 Å². The van der Waals surface area contributed by atoms with Gasteiger partial charge in [0.1, 0.15) is 5.60 Å². The van der Waals surface area contributed by atoms with Crippen LogP contribution < -0.4 is 0 Å². The van der Waals surface area contributed by atoms with Gasteiger partial charge in [0.05, 0.1) is 4.34 Å². The molecule has 1 aromatic rings. The molecule has 1 aromatic heterocycles. The van der Waals surface area contributed by atoms with E-state index in [9.17, 15) is 5.11 Å². The molecule has 3 heteroatoms. The van der Waals surface area contributed by atoms with E-state index in [1.807, 2.05) is 39.8 Å². The van der Waals surface area contributed by atoms with Gasteiger partial charge in [-0.05, 0) is 24.5 Å². The first-order chi connectivity index (χ1) is 5.75. The standard InChI is InChI=1S/C10H15ClOS/c1-9(2,3)10(4,12)7-5-6-8(11)13-7/h5-6,12H,1-4H3. The van der Waals surface area contributed by atoms with Crippen LogP contribution in [-0.4, -0.2) is 5.11 Å². The fraction of sp³-hybridized carbons (Fsp3) is 0.600. The predicted octanol–water partition coefficient (Wildman–Crippen LogP) is 3.66. The summed E-state index contributed by atoms with van der Waals surface area (Å²) in [5.41, 5.74) is -0.994. The SMILES string of the molecule is CC(C)(C)C(C)(O)c1ccc(Cl)s1. The van der Waals surface area contributed by atoms with Crippen molar-refractivity contribution < 1.29 is 5.11 Å². The van der Waals surface area contributed by atoms with E-state index < -0.39 is 5.60 Å². The molecule has 0 spiro atoms. The lowest BCUT2D eigenvalue weighted by Gasteiger charge is -2.36. The highest BCUT2D eigenvalue weighted by Gasteiger charge is 2.37. The van der Waals surface area contributed by atoms with Gasteiger partial charge >= 0.3 is 0 Å². The van der Waals surface area contributed by atoms with Gasteiger partial charge in [-0.1, -0.05) is 32.4 Å². The van der Waals surface area contributed by atoms with Crippen molar-refractivity contribution in [3.63, 3.8) is 0 Å². The Kier molecular flexibility index (Phi) is 2.77. The molecule has 0 fully saturated rings. The van der Waals surface area contributed by atoms with Crippen molar-refractivity contribution in [2.45, 2.75) is 33.3 Å².